The second kappa shape index (κ2) is 14.2. The van der Waals surface area contributed by atoms with Crippen LogP contribution in [-0.4, -0.2) is 51.0 Å². The molecule has 0 spiro atoms. The number of benzene rings is 1. The number of amides is 2. The van der Waals surface area contributed by atoms with Crippen LogP contribution in [0.3, 0.4) is 0 Å². The van der Waals surface area contributed by atoms with Crippen LogP contribution in [-0.2, 0) is 28.9 Å². The van der Waals surface area contributed by atoms with Gasteiger partial charge >= 0.3 is 5.97 Å². The molecule has 0 saturated carbocycles. The quantitative estimate of drug-likeness (QED) is 0.145. The molecular weight excluding hydrogens is 607 g/mol. The number of rotatable bonds is 12. The maximum atomic E-state index is 13.5. The molecule has 5 rings (SSSR count). The number of fused-ring (bicyclic) bond motifs is 1. The zero-order chi connectivity index (χ0) is 30.3. The number of anilines is 1. The van der Waals surface area contributed by atoms with Crippen LogP contribution in [0.2, 0.25) is 0 Å². The number of carbonyl (C=O) groups excluding carboxylic acids is 3. The van der Waals surface area contributed by atoms with E-state index in [4.69, 9.17) is 9.47 Å². The summed E-state index contributed by atoms with van der Waals surface area (Å²) in [5, 5.41) is 17.0. The van der Waals surface area contributed by atoms with E-state index in [1.54, 1.807) is 19.9 Å². The second-order valence-corrected chi connectivity index (χ2v) is 13.1. The topological polar surface area (TPSA) is 124 Å². The van der Waals surface area contributed by atoms with Crippen molar-refractivity contribution in [3.8, 4) is 11.4 Å². The lowest BCUT2D eigenvalue weighted by Gasteiger charge is -2.15. The van der Waals surface area contributed by atoms with Gasteiger partial charge in [0.2, 0.25) is 5.91 Å². The molecule has 13 heteroatoms. The SMILES string of the molecule is CCOC(=O)c1c(NC(=O)[C@H](C)Sc2nnc(CNC(=O)c3cccs3)n2-c2ccc(OCC)cc2)sc2c1CCCC2. The third-order valence-corrected chi connectivity index (χ3v) is 9.92. The molecule has 3 aromatic heterocycles. The molecule has 1 aliphatic rings. The zero-order valence-electron chi connectivity index (χ0n) is 24.2. The Bertz CT molecular complexity index is 1580. The molecule has 4 aromatic rings. The maximum absolute atomic E-state index is 13.5. The summed E-state index contributed by atoms with van der Waals surface area (Å²) in [5.74, 6) is 0.378. The van der Waals surface area contributed by atoms with Gasteiger partial charge in [0.05, 0.1) is 35.4 Å². The van der Waals surface area contributed by atoms with E-state index in [1.165, 1.54) is 34.4 Å². The van der Waals surface area contributed by atoms with Crippen molar-refractivity contribution in [1.82, 2.24) is 20.1 Å². The van der Waals surface area contributed by atoms with Crippen molar-refractivity contribution in [3.05, 3.63) is 68.5 Å². The summed E-state index contributed by atoms with van der Waals surface area (Å²) in [5.41, 5.74) is 2.24. The van der Waals surface area contributed by atoms with Gasteiger partial charge in [-0.15, -0.1) is 32.9 Å². The van der Waals surface area contributed by atoms with E-state index in [-0.39, 0.29) is 25.0 Å². The minimum atomic E-state index is -0.576. The minimum absolute atomic E-state index is 0.141. The summed E-state index contributed by atoms with van der Waals surface area (Å²) in [6, 6.07) is 11.1. The van der Waals surface area contributed by atoms with Gasteiger partial charge in [-0.3, -0.25) is 14.2 Å². The summed E-state index contributed by atoms with van der Waals surface area (Å²) < 4.78 is 12.8. The van der Waals surface area contributed by atoms with Crippen LogP contribution in [0.15, 0.2) is 46.9 Å². The predicted molar refractivity (Wildman–Crippen MR) is 169 cm³/mol. The van der Waals surface area contributed by atoms with Crippen LogP contribution in [0.1, 0.15) is 69.9 Å². The van der Waals surface area contributed by atoms with Gasteiger partial charge in [-0.25, -0.2) is 4.79 Å². The van der Waals surface area contributed by atoms with E-state index in [1.807, 2.05) is 47.2 Å². The Hall–Kier alpha value is -3.68. The van der Waals surface area contributed by atoms with Gasteiger partial charge in [0, 0.05) is 10.6 Å². The molecule has 226 valence electrons. The van der Waals surface area contributed by atoms with Gasteiger partial charge in [-0.05, 0) is 87.7 Å². The van der Waals surface area contributed by atoms with Crippen LogP contribution in [0.4, 0.5) is 5.00 Å². The molecular formula is C30H33N5O5S3. The fourth-order valence-corrected chi connectivity index (χ4v) is 7.57. The van der Waals surface area contributed by atoms with Crippen molar-refractivity contribution in [2.45, 2.75) is 63.4 Å². The van der Waals surface area contributed by atoms with Crippen LogP contribution < -0.4 is 15.4 Å². The number of hydrogen-bond donors (Lipinski definition) is 2. The predicted octanol–water partition coefficient (Wildman–Crippen LogP) is 5.89. The molecule has 0 bridgehead atoms. The highest BCUT2D eigenvalue weighted by atomic mass is 32.2. The number of carbonyl (C=O) groups is 3. The van der Waals surface area contributed by atoms with E-state index in [0.29, 0.717) is 33.0 Å². The monoisotopic (exact) mass is 639 g/mol. The first-order valence-electron chi connectivity index (χ1n) is 14.2. The van der Waals surface area contributed by atoms with Crippen LogP contribution >= 0.6 is 34.4 Å². The molecule has 3 heterocycles. The highest BCUT2D eigenvalue weighted by Gasteiger charge is 2.29. The molecule has 0 unspecified atom stereocenters. The summed E-state index contributed by atoms with van der Waals surface area (Å²) in [6.45, 7) is 6.43. The van der Waals surface area contributed by atoms with Crippen molar-refractivity contribution in [3.63, 3.8) is 0 Å². The van der Waals surface area contributed by atoms with Gasteiger partial charge in [-0.1, -0.05) is 17.8 Å². The lowest BCUT2D eigenvalue weighted by Crippen LogP contribution is -2.25. The maximum Gasteiger partial charge on any atom is 0.341 e. The fourth-order valence-electron chi connectivity index (χ4n) is 4.76. The van der Waals surface area contributed by atoms with E-state index in [9.17, 15) is 14.4 Å². The Morgan fingerprint density at radius 1 is 1.07 bits per heavy atom. The van der Waals surface area contributed by atoms with Crippen LogP contribution in [0, 0.1) is 0 Å². The third kappa shape index (κ3) is 7.11. The number of aryl methyl sites for hydroxylation is 1. The van der Waals surface area contributed by atoms with Crippen molar-refractivity contribution in [2.24, 2.45) is 0 Å². The van der Waals surface area contributed by atoms with Gasteiger partial charge < -0.3 is 20.1 Å². The summed E-state index contributed by atoms with van der Waals surface area (Å²) in [4.78, 5) is 40.7. The van der Waals surface area contributed by atoms with E-state index in [2.05, 4.69) is 20.8 Å². The number of thioether (sulfide) groups is 1. The molecule has 10 nitrogen and oxygen atoms in total. The average molecular weight is 640 g/mol. The molecule has 43 heavy (non-hydrogen) atoms. The number of esters is 1. The molecule has 1 aliphatic carbocycles. The zero-order valence-corrected chi connectivity index (χ0v) is 26.6. The third-order valence-electron chi connectivity index (χ3n) is 6.80. The first-order chi connectivity index (χ1) is 20.9. The van der Waals surface area contributed by atoms with E-state index >= 15 is 0 Å². The van der Waals surface area contributed by atoms with Crippen molar-refractivity contribution >= 4 is 57.2 Å². The first kappa shape index (κ1) is 30.8. The van der Waals surface area contributed by atoms with Crippen LogP contribution in [0.5, 0.6) is 5.75 Å². The van der Waals surface area contributed by atoms with Crippen molar-refractivity contribution < 1.29 is 23.9 Å². The number of ether oxygens (including phenoxy) is 2. The number of hydrogen-bond acceptors (Lipinski definition) is 10. The summed E-state index contributed by atoms with van der Waals surface area (Å²) >= 11 is 4.06. The second-order valence-electron chi connectivity index (χ2n) is 9.71. The number of aromatic nitrogens is 3. The van der Waals surface area contributed by atoms with Gasteiger partial charge in [-0.2, -0.15) is 0 Å². The van der Waals surface area contributed by atoms with Gasteiger partial charge in [0.25, 0.3) is 5.91 Å². The number of nitrogens with zero attached hydrogens (tertiary/aromatic N) is 3. The normalized spacial score (nSPS) is 13.2. The highest BCUT2D eigenvalue weighted by Crippen LogP contribution is 2.39. The smallest absolute Gasteiger partial charge is 0.341 e. The first-order valence-corrected chi connectivity index (χ1v) is 16.8. The Kier molecular flexibility index (Phi) is 10.2. The van der Waals surface area contributed by atoms with Gasteiger partial charge in [0.15, 0.2) is 11.0 Å². The Morgan fingerprint density at radius 2 is 1.86 bits per heavy atom. The fraction of sp³-hybridized carbons (Fsp3) is 0.367. The van der Waals surface area contributed by atoms with Crippen LogP contribution in [0.25, 0.3) is 5.69 Å². The van der Waals surface area contributed by atoms with E-state index < -0.39 is 11.2 Å². The molecule has 2 N–H and O–H groups in total. The minimum Gasteiger partial charge on any atom is -0.494 e. The van der Waals surface area contributed by atoms with Crippen molar-refractivity contribution in [2.75, 3.05) is 18.5 Å². The van der Waals surface area contributed by atoms with Gasteiger partial charge in [0.1, 0.15) is 10.8 Å². The summed E-state index contributed by atoms with van der Waals surface area (Å²) in [7, 11) is 0. The largest absolute Gasteiger partial charge is 0.494 e. The van der Waals surface area contributed by atoms with Crippen molar-refractivity contribution in [1.29, 1.82) is 0 Å². The molecule has 2 amide bonds. The Labute approximate surface area is 262 Å². The lowest BCUT2D eigenvalue weighted by molar-refractivity contribution is -0.115. The number of thiophene rings is 2. The number of nitrogens with one attached hydrogen (secondary N) is 2. The molecule has 0 aliphatic heterocycles. The molecule has 0 fully saturated rings. The summed E-state index contributed by atoms with van der Waals surface area (Å²) in [6.07, 6.45) is 3.76. The Morgan fingerprint density at radius 3 is 2.58 bits per heavy atom. The van der Waals surface area contributed by atoms with E-state index in [0.717, 1.165) is 47.6 Å². The average Bonchev–Trinajstić information content (AvgIpc) is 3.76. The standard InChI is InChI=1S/C30H33N5O5S3/c1-4-39-20-14-12-19(13-15-20)35-24(17-31-27(37)23-11-8-16-41-23)33-34-30(35)42-18(3)26(36)32-28-25(29(38)40-5-2)21-9-6-7-10-22(21)43-28/h8,11-16,18H,4-7,9-10,17H2,1-3H3,(H,31,37)(H,32,36)/t18-/m0/s1. The molecule has 0 radical (unpaired) electrons. The molecule has 1 aromatic carbocycles. The lowest BCUT2D eigenvalue weighted by atomic mass is 9.95. The molecule has 0 saturated heterocycles. The molecule has 1 atom stereocenters. The highest BCUT2D eigenvalue weighted by molar-refractivity contribution is 8.00. The Balaban J connectivity index is 1.37.